The summed E-state index contributed by atoms with van der Waals surface area (Å²) >= 11 is 2.30. The van der Waals surface area contributed by atoms with Crippen molar-refractivity contribution < 1.29 is 9.53 Å². The zero-order chi connectivity index (χ0) is 12.7. The Bertz CT molecular complexity index is 382. The van der Waals surface area contributed by atoms with E-state index in [1.807, 2.05) is 36.4 Å². The van der Waals surface area contributed by atoms with Gasteiger partial charge in [-0.3, -0.25) is 0 Å². The Labute approximate surface area is 116 Å². The van der Waals surface area contributed by atoms with Crippen molar-refractivity contribution in [3.63, 3.8) is 0 Å². The molecule has 0 aliphatic rings. The minimum absolute atomic E-state index is 0.0341. The third-order valence-electron chi connectivity index (χ3n) is 2.24. The maximum Gasteiger partial charge on any atom is 0.330 e. The van der Waals surface area contributed by atoms with Crippen LogP contribution in [0.4, 0.5) is 0 Å². The number of hydrogen-bond donors (Lipinski definition) is 0. The lowest BCUT2D eigenvalue weighted by Gasteiger charge is -2.15. The van der Waals surface area contributed by atoms with Crippen molar-refractivity contribution in [3.05, 3.63) is 48.0 Å². The van der Waals surface area contributed by atoms with E-state index in [1.165, 1.54) is 6.08 Å². The Hall–Kier alpha value is -0.840. The number of ether oxygens (including phenoxy) is 1. The van der Waals surface area contributed by atoms with Crippen LogP contribution < -0.4 is 0 Å². The fourth-order valence-electron chi connectivity index (χ4n) is 1.11. The van der Waals surface area contributed by atoms with Gasteiger partial charge in [0.05, 0.1) is 0 Å². The molecule has 0 fully saturated rings. The van der Waals surface area contributed by atoms with Gasteiger partial charge in [-0.15, -0.1) is 0 Å². The molecule has 0 spiro atoms. The second-order valence-electron chi connectivity index (χ2n) is 4.55. The van der Waals surface area contributed by atoms with Gasteiger partial charge in [-0.05, 0) is 11.0 Å². The number of allylic oxidation sites excluding steroid dienone is 1. The quantitative estimate of drug-likeness (QED) is 0.352. The lowest BCUT2D eigenvalue weighted by Crippen LogP contribution is -2.10. The third-order valence-corrected chi connectivity index (χ3v) is 4.20. The molecule has 0 bridgehead atoms. The van der Waals surface area contributed by atoms with Gasteiger partial charge in [-0.2, -0.15) is 0 Å². The van der Waals surface area contributed by atoms with Gasteiger partial charge in [0.25, 0.3) is 0 Å². The molecule has 3 heteroatoms. The van der Waals surface area contributed by atoms with E-state index in [4.69, 9.17) is 4.74 Å². The maximum atomic E-state index is 11.5. The molecule has 17 heavy (non-hydrogen) atoms. The number of alkyl halides is 1. The predicted octanol–water partition coefficient (Wildman–Crippen LogP) is 3.75. The molecule has 0 radical (unpaired) electrons. The molecule has 2 nitrogen and oxygen atoms in total. The Morgan fingerprint density at radius 1 is 1.35 bits per heavy atom. The highest BCUT2D eigenvalue weighted by atomic mass is 127. The van der Waals surface area contributed by atoms with E-state index >= 15 is 0 Å². The Balaban J connectivity index is 2.41. The summed E-state index contributed by atoms with van der Waals surface area (Å²) in [5, 5.41) is 0. The first-order valence-electron chi connectivity index (χ1n) is 5.49. The summed E-state index contributed by atoms with van der Waals surface area (Å²) in [7, 11) is 0. The summed E-state index contributed by atoms with van der Waals surface area (Å²) in [6, 6.07) is 9.67. The summed E-state index contributed by atoms with van der Waals surface area (Å²) in [5.74, 6) is -0.285. The third kappa shape index (κ3) is 5.86. The first-order valence-corrected chi connectivity index (χ1v) is 7.02. The monoisotopic (exact) mass is 344 g/mol. The molecule has 0 N–H and O–H groups in total. The average Bonchev–Trinajstić information content (AvgIpc) is 2.35. The number of rotatable bonds is 5. The first kappa shape index (κ1) is 14.2. The van der Waals surface area contributed by atoms with Gasteiger partial charge in [-0.1, -0.05) is 72.8 Å². The molecule has 1 aromatic carbocycles. The second-order valence-corrected chi connectivity index (χ2v) is 5.31. The molecule has 92 valence electrons. The van der Waals surface area contributed by atoms with Crippen LogP contribution >= 0.6 is 22.6 Å². The fraction of sp³-hybridized carbons (Fsp3) is 0.357. The van der Waals surface area contributed by atoms with Crippen molar-refractivity contribution in [2.45, 2.75) is 20.5 Å². The average molecular weight is 344 g/mol. The number of benzene rings is 1. The van der Waals surface area contributed by atoms with Crippen molar-refractivity contribution >= 4 is 28.6 Å². The van der Waals surface area contributed by atoms with E-state index < -0.39 is 0 Å². The molecule has 0 atom stereocenters. The summed E-state index contributed by atoms with van der Waals surface area (Å²) in [4.78, 5) is 11.5. The molecule has 0 aliphatic carbocycles. The second kappa shape index (κ2) is 6.79. The van der Waals surface area contributed by atoms with Crippen molar-refractivity contribution in [2.24, 2.45) is 5.41 Å². The summed E-state index contributed by atoms with van der Waals surface area (Å²) in [6.07, 6.45) is 3.41. The fourth-order valence-corrected chi connectivity index (χ4v) is 1.37. The summed E-state index contributed by atoms with van der Waals surface area (Å²) in [6.45, 7) is 4.50. The SMILES string of the molecule is CC(C)(C=CC(=O)OCc1ccccc1)CI. The van der Waals surface area contributed by atoms with Crippen LogP contribution in [0.15, 0.2) is 42.5 Å². The molecular formula is C14H17IO2. The molecule has 0 aromatic heterocycles. The van der Waals surface area contributed by atoms with E-state index in [-0.39, 0.29) is 11.4 Å². The molecule has 0 amide bonds. The molecule has 0 aliphatic heterocycles. The minimum Gasteiger partial charge on any atom is -0.458 e. The van der Waals surface area contributed by atoms with E-state index in [0.717, 1.165) is 9.99 Å². The standard InChI is InChI=1S/C14H17IO2/c1-14(2,11-15)9-8-13(16)17-10-12-6-4-3-5-7-12/h3-9H,10-11H2,1-2H3. The minimum atomic E-state index is -0.285. The van der Waals surface area contributed by atoms with Crippen molar-refractivity contribution in [3.8, 4) is 0 Å². The molecule has 0 saturated carbocycles. The van der Waals surface area contributed by atoms with Gasteiger partial charge in [0.2, 0.25) is 0 Å². The van der Waals surface area contributed by atoms with Gasteiger partial charge in [0.15, 0.2) is 0 Å². The highest BCUT2D eigenvalue weighted by molar-refractivity contribution is 14.1. The Kier molecular flexibility index (Phi) is 5.68. The van der Waals surface area contributed by atoms with Gasteiger partial charge in [-0.25, -0.2) is 4.79 Å². The van der Waals surface area contributed by atoms with Crippen LogP contribution in [0.3, 0.4) is 0 Å². The molecule has 1 aromatic rings. The number of carbonyl (C=O) groups excluding carboxylic acids is 1. The highest BCUT2D eigenvalue weighted by Crippen LogP contribution is 2.19. The number of esters is 1. The van der Waals surface area contributed by atoms with Crippen molar-refractivity contribution in [1.82, 2.24) is 0 Å². The van der Waals surface area contributed by atoms with Crippen molar-refractivity contribution in [1.29, 1.82) is 0 Å². The zero-order valence-corrected chi connectivity index (χ0v) is 12.3. The lowest BCUT2D eigenvalue weighted by molar-refractivity contribution is -0.139. The topological polar surface area (TPSA) is 26.3 Å². The Morgan fingerprint density at radius 3 is 2.59 bits per heavy atom. The summed E-state index contributed by atoms with van der Waals surface area (Å²) in [5.41, 5.74) is 1.04. The van der Waals surface area contributed by atoms with Crippen molar-refractivity contribution in [2.75, 3.05) is 4.43 Å². The first-order chi connectivity index (χ1) is 8.03. The van der Waals surface area contributed by atoms with Crippen LogP contribution in [-0.4, -0.2) is 10.4 Å². The highest BCUT2D eigenvalue weighted by Gasteiger charge is 2.11. The molecule has 0 unspecified atom stereocenters. The van der Waals surface area contributed by atoms with E-state index in [9.17, 15) is 4.79 Å². The zero-order valence-electron chi connectivity index (χ0n) is 10.2. The van der Waals surface area contributed by atoms with Crippen LogP contribution in [-0.2, 0) is 16.1 Å². The van der Waals surface area contributed by atoms with Gasteiger partial charge >= 0.3 is 5.97 Å². The van der Waals surface area contributed by atoms with Crippen LogP contribution in [0, 0.1) is 5.41 Å². The van der Waals surface area contributed by atoms with E-state index in [2.05, 4.69) is 36.4 Å². The lowest BCUT2D eigenvalue weighted by atomic mass is 9.96. The van der Waals surface area contributed by atoms with Crippen LogP contribution in [0.1, 0.15) is 19.4 Å². The van der Waals surface area contributed by atoms with E-state index in [0.29, 0.717) is 6.61 Å². The van der Waals surface area contributed by atoms with Gasteiger partial charge < -0.3 is 4.74 Å². The molecule has 1 rings (SSSR count). The largest absolute Gasteiger partial charge is 0.458 e. The van der Waals surface area contributed by atoms with Crippen LogP contribution in [0.25, 0.3) is 0 Å². The van der Waals surface area contributed by atoms with Crippen LogP contribution in [0.5, 0.6) is 0 Å². The van der Waals surface area contributed by atoms with Gasteiger partial charge in [0, 0.05) is 10.5 Å². The van der Waals surface area contributed by atoms with Gasteiger partial charge in [0.1, 0.15) is 6.61 Å². The Morgan fingerprint density at radius 2 is 2.00 bits per heavy atom. The predicted molar refractivity (Wildman–Crippen MR) is 78.0 cm³/mol. The summed E-state index contributed by atoms with van der Waals surface area (Å²) < 4.78 is 6.11. The van der Waals surface area contributed by atoms with Crippen LogP contribution in [0.2, 0.25) is 0 Å². The number of hydrogen-bond acceptors (Lipinski definition) is 2. The number of carbonyl (C=O) groups is 1. The van der Waals surface area contributed by atoms with E-state index in [1.54, 1.807) is 0 Å². The molecule has 0 saturated heterocycles. The smallest absolute Gasteiger partial charge is 0.330 e. The number of halogens is 1. The molecule has 0 heterocycles. The molecular weight excluding hydrogens is 327 g/mol. The maximum absolute atomic E-state index is 11.5. The normalized spacial score (nSPS) is 11.7.